The highest BCUT2D eigenvalue weighted by molar-refractivity contribution is 9.10. The smallest absolute Gasteiger partial charge is 0.367 e. The van der Waals surface area contributed by atoms with Crippen molar-refractivity contribution in [3.8, 4) is 5.75 Å². The van der Waals surface area contributed by atoms with E-state index in [0.29, 0.717) is 17.9 Å². The first kappa shape index (κ1) is 15.5. The van der Waals surface area contributed by atoms with Crippen LogP contribution in [0.2, 0.25) is 0 Å². The highest BCUT2D eigenvalue weighted by Crippen LogP contribution is 2.20. The second kappa shape index (κ2) is 6.79. The van der Waals surface area contributed by atoms with Crippen LogP contribution in [0.5, 0.6) is 5.75 Å². The van der Waals surface area contributed by atoms with Crippen molar-refractivity contribution < 1.29 is 14.4 Å². The molecule has 0 aromatic heterocycles. The minimum Gasteiger partial charge on any atom is -0.489 e. The number of ether oxygens (including phenoxy) is 1. The van der Waals surface area contributed by atoms with Crippen LogP contribution in [0, 0.1) is 0 Å². The molecule has 5 heteroatoms. The van der Waals surface area contributed by atoms with Crippen LogP contribution in [-0.4, -0.2) is 11.7 Å². The number of nitrogens with zero attached hydrogens (tertiary/aromatic N) is 1. The number of rotatable bonds is 4. The molecule has 1 aliphatic rings. The first-order valence-electron chi connectivity index (χ1n) is 7.07. The van der Waals surface area contributed by atoms with Gasteiger partial charge in [-0.15, -0.1) is 0 Å². The van der Waals surface area contributed by atoms with Crippen LogP contribution in [0.25, 0.3) is 6.08 Å². The summed E-state index contributed by atoms with van der Waals surface area (Å²) < 4.78 is 6.84. The monoisotopic (exact) mass is 371 g/mol. The van der Waals surface area contributed by atoms with E-state index in [4.69, 9.17) is 4.74 Å². The molecule has 0 saturated heterocycles. The van der Waals surface area contributed by atoms with Crippen LogP contribution in [0.3, 0.4) is 0 Å². The lowest BCUT2D eigenvalue weighted by Gasteiger charge is -2.07. The summed E-state index contributed by atoms with van der Waals surface area (Å²) in [4.78, 5) is 16.2. The van der Waals surface area contributed by atoms with Crippen LogP contribution in [0.4, 0.5) is 0 Å². The molecule has 4 nitrogen and oxygen atoms in total. The lowest BCUT2D eigenvalue weighted by molar-refractivity contribution is -0.136. The van der Waals surface area contributed by atoms with Crippen LogP contribution in [0.1, 0.15) is 18.1 Å². The van der Waals surface area contributed by atoms with E-state index in [1.54, 1.807) is 13.0 Å². The van der Waals surface area contributed by atoms with Crippen molar-refractivity contribution >= 4 is 33.7 Å². The maximum Gasteiger partial charge on any atom is 0.367 e. The van der Waals surface area contributed by atoms with Gasteiger partial charge in [0.05, 0.1) is 11.3 Å². The van der Waals surface area contributed by atoms with E-state index in [-0.39, 0.29) is 0 Å². The van der Waals surface area contributed by atoms with Gasteiger partial charge < -0.3 is 9.57 Å². The molecule has 1 aliphatic heterocycles. The highest BCUT2D eigenvalue weighted by Gasteiger charge is 2.21. The summed E-state index contributed by atoms with van der Waals surface area (Å²) in [6, 6.07) is 15.5. The van der Waals surface area contributed by atoms with Crippen molar-refractivity contribution in [1.29, 1.82) is 0 Å². The zero-order valence-electron chi connectivity index (χ0n) is 12.5. The number of carbonyl (C=O) groups excluding carboxylic acids is 1. The fraction of sp³-hybridized carbons (Fsp3) is 0.111. The number of carbonyl (C=O) groups is 1. The van der Waals surface area contributed by atoms with Gasteiger partial charge >= 0.3 is 5.97 Å². The molecule has 0 bridgehead atoms. The van der Waals surface area contributed by atoms with Gasteiger partial charge in [-0.05, 0) is 48.4 Å². The molecule has 2 aromatic rings. The van der Waals surface area contributed by atoms with Crippen LogP contribution in [-0.2, 0) is 16.2 Å². The molecule has 116 valence electrons. The zero-order chi connectivity index (χ0) is 16.2. The van der Waals surface area contributed by atoms with Crippen molar-refractivity contribution in [2.24, 2.45) is 5.16 Å². The van der Waals surface area contributed by atoms with Gasteiger partial charge in [0.1, 0.15) is 12.4 Å². The number of oxime groups is 1. The Hall–Kier alpha value is -2.40. The Balaban J connectivity index is 1.73. The maximum atomic E-state index is 11.6. The van der Waals surface area contributed by atoms with Gasteiger partial charge in [0, 0.05) is 4.47 Å². The molecule has 0 aliphatic carbocycles. The van der Waals surface area contributed by atoms with Gasteiger partial charge in [-0.25, -0.2) is 4.79 Å². The Morgan fingerprint density at radius 1 is 1.22 bits per heavy atom. The molecular formula is C18H14BrNO3. The summed E-state index contributed by atoms with van der Waals surface area (Å²) in [6.07, 6.45) is 1.75. The van der Waals surface area contributed by atoms with Gasteiger partial charge in [0.15, 0.2) is 0 Å². The summed E-state index contributed by atoms with van der Waals surface area (Å²) in [5.74, 6) is 0.312. The number of hydrogen-bond donors (Lipinski definition) is 0. The normalized spacial score (nSPS) is 15.5. The molecule has 3 rings (SSSR count). The molecule has 0 radical (unpaired) electrons. The predicted octanol–water partition coefficient (Wildman–Crippen LogP) is 4.34. The Morgan fingerprint density at radius 2 is 2.00 bits per heavy atom. The molecular weight excluding hydrogens is 358 g/mol. The Bertz CT molecular complexity index is 794. The molecule has 23 heavy (non-hydrogen) atoms. The minimum atomic E-state index is -0.427. The quantitative estimate of drug-likeness (QED) is 0.593. The molecule has 0 N–H and O–H groups in total. The van der Waals surface area contributed by atoms with Crippen molar-refractivity contribution in [2.45, 2.75) is 13.5 Å². The first-order chi connectivity index (χ1) is 11.1. The summed E-state index contributed by atoms with van der Waals surface area (Å²) in [5.41, 5.74) is 2.99. The van der Waals surface area contributed by atoms with Gasteiger partial charge in [-0.1, -0.05) is 45.4 Å². The topological polar surface area (TPSA) is 47.9 Å². The largest absolute Gasteiger partial charge is 0.489 e. The minimum absolute atomic E-state index is 0.427. The molecule has 2 aromatic carbocycles. The van der Waals surface area contributed by atoms with E-state index in [1.165, 1.54) is 0 Å². The third-order valence-corrected chi connectivity index (χ3v) is 3.89. The highest BCUT2D eigenvalue weighted by atomic mass is 79.9. The van der Waals surface area contributed by atoms with Gasteiger partial charge in [0.25, 0.3) is 0 Å². The number of benzene rings is 2. The lowest BCUT2D eigenvalue weighted by Crippen LogP contribution is -2.01. The Kier molecular flexibility index (Phi) is 4.57. The molecule has 0 atom stereocenters. The SMILES string of the molecule is CC1=NOC(=O)/C1=C/c1cccc(OCc2ccc(Br)cc2)c1. The van der Waals surface area contributed by atoms with Gasteiger partial charge in [0.2, 0.25) is 0 Å². The average molecular weight is 372 g/mol. The number of hydrogen-bond acceptors (Lipinski definition) is 4. The predicted molar refractivity (Wildman–Crippen MR) is 92.1 cm³/mol. The fourth-order valence-corrected chi connectivity index (χ4v) is 2.39. The standard InChI is InChI=1S/C18H14BrNO3/c1-12-17(18(21)23-20-12)10-14-3-2-4-16(9-14)22-11-13-5-7-15(19)8-6-13/h2-10H,11H2,1H3/b17-10+. The van der Waals surface area contributed by atoms with Crippen LogP contribution >= 0.6 is 15.9 Å². The Labute approximate surface area is 142 Å². The molecule has 0 unspecified atom stereocenters. The maximum absolute atomic E-state index is 11.6. The van der Waals surface area contributed by atoms with E-state index in [0.717, 1.165) is 21.3 Å². The summed E-state index contributed by atoms with van der Waals surface area (Å²) >= 11 is 3.41. The lowest BCUT2D eigenvalue weighted by atomic mass is 10.1. The van der Waals surface area contributed by atoms with E-state index in [2.05, 4.69) is 25.9 Å². The van der Waals surface area contributed by atoms with E-state index in [1.807, 2.05) is 48.5 Å². The summed E-state index contributed by atoms with van der Waals surface area (Å²) in [5, 5.41) is 3.66. The van der Waals surface area contributed by atoms with Crippen LogP contribution < -0.4 is 4.74 Å². The first-order valence-corrected chi connectivity index (χ1v) is 7.86. The molecule has 0 spiro atoms. The van der Waals surface area contributed by atoms with E-state index < -0.39 is 5.97 Å². The van der Waals surface area contributed by atoms with Crippen molar-refractivity contribution in [1.82, 2.24) is 0 Å². The third kappa shape index (κ3) is 3.87. The van der Waals surface area contributed by atoms with Gasteiger partial charge in [-0.2, -0.15) is 0 Å². The fourth-order valence-electron chi connectivity index (χ4n) is 2.13. The zero-order valence-corrected chi connectivity index (χ0v) is 14.0. The second-order valence-electron chi connectivity index (χ2n) is 5.10. The third-order valence-electron chi connectivity index (χ3n) is 3.36. The summed E-state index contributed by atoms with van der Waals surface area (Å²) in [6.45, 7) is 2.22. The summed E-state index contributed by atoms with van der Waals surface area (Å²) in [7, 11) is 0. The van der Waals surface area contributed by atoms with Crippen LogP contribution in [0.15, 0.2) is 63.7 Å². The Morgan fingerprint density at radius 3 is 2.70 bits per heavy atom. The molecule has 1 heterocycles. The molecule has 0 amide bonds. The van der Waals surface area contributed by atoms with Crippen molar-refractivity contribution in [3.63, 3.8) is 0 Å². The van der Waals surface area contributed by atoms with E-state index in [9.17, 15) is 4.79 Å². The molecule has 0 fully saturated rings. The average Bonchev–Trinajstić information content (AvgIpc) is 2.87. The van der Waals surface area contributed by atoms with Gasteiger partial charge in [-0.3, -0.25) is 0 Å². The van der Waals surface area contributed by atoms with Crippen molar-refractivity contribution in [2.75, 3.05) is 0 Å². The van der Waals surface area contributed by atoms with Crippen molar-refractivity contribution in [3.05, 3.63) is 69.7 Å². The number of halogens is 1. The molecule has 0 saturated carbocycles. The van der Waals surface area contributed by atoms with E-state index >= 15 is 0 Å². The second-order valence-corrected chi connectivity index (χ2v) is 6.02.